The van der Waals surface area contributed by atoms with Gasteiger partial charge in [-0.25, -0.2) is 4.98 Å². The first-order valence-corrected chi connectivity index (χ1v) is 11.4. The first kappa shape index (κ1) is 21.0. The van der Waals surface area contributed by atoms with Crippen LogP contribution in [0.15, 0.2) is 72.9 Å². The van der Waals surface area contributed by atoms with Gasteiger partial charge in [0.05, 0.1) is 4.92 Å². The molecule has 0 amide bonds. The summed E-state index contributed by atoms with van der Waals surface area (Å²) >= 11 is 0. The standard InChI is InChI=1S/C26H26N4O3/c31-30(32)22-15-13-20(14-16-22)24-26(27-21-10-5-2-6-11-21)29-17-7-12-23(25(29)28-24)33-18-19-8-3-1-4-9-19/h1,3-4,7-9,12-17,21,27H,2,5-6,10-11,18H2. The van der Waals surface area contributed by atoms with Crippen LogP contribution in [-0.2, 0) is 6.61 Å². The molecule has 0 atom stereocenters. The van der Waals surface area contributed by atoms with Gasteiger partial charge in [0, 0.05) is 29.9 Å². The van der Waals surface area contributed by atoms with Crippen molar-refractivity contribution in [1.82, 2.24) is 9.38 Å². The molecule has 0 radical (unpaired) electrons. The summed E-state index contributed by atoms with van der Waals surface area (Å²) in [6.07, 6.45) is 7.93. The lowest BCUT2D eigenvalue weighted by atomic mass is 9.95. The van der Waals surface area contributed by atoms with Crippen molar-refractivity contribution in [2.24, 2.45) is 0 Å². The highest BCUT2D eigenvalue weighted by Crippen LogP contribution is 2.35. The number of nitro groups is 1. The van der Waals surface area contributed by atoms with E-state index in [2.05, 4.69) is 5.32 Å². The molecule has 1 fully saturated rings. The monoisotopic (exact) mass is 442 g/mol. The Morgan fingerprint density at radius 3 is 2.48 bits per heavy atom. The molecule has 2 aromatic carbocycles. The van der Waals surface area contributed by atoms with Gasteiger partial charge in [-0.1, -0.05) is 49.6 Å². The van der Waals surface area contributed by atoms with Crippen molar-refractivity contribution < 1.29 is 9.66 Å². The molecule has 0 unspecified atom stereocenters. The minimum atomic E-state index is -0.385. The molecule has 0 bridgehead atoms. The van der Waals surface area contributed by atoms with Crippen LogP contribution in [0.3, 0.4) is 0 Å². The summed E-state index contributed by atoms with van der Waals surface area (Å²) in [5.41, 5.74) is 3.47. The second kappa shape index (κ2) is 9.32. The highest BCUT2D eigenvalue weighted by atomic mass is 16.6. The number of rotatable bonds is 7. The average Bonchev–Trinajstić information content (AvgIpc) is 3.23. The number of nitrogens with one attached hydrogen (secondary N) is 1. The summed E-state index contributed by atoms with van der Waals surface area (Å²) in [7, 11) is 0. The lowest BCUT2D eigenvalue weighted by Gasteiger charge is -2.24. The largest absolute Gasteiger partial charge is 0.485 e. The third-order valence-corrected chi connectivity index (χ3v) is 6.15. The van der Waals surface area contributed by atoms with Gasteiger partial charge in [-0.15, -0.1) is 0 Å². The van der Waals surface area contributed by atoms with Crippen LogP contribution in [0.2, 0.25) is 0 Å². The maximum Gasteiger partial charge on any atom is 0.269 e. The Balaban J connectivity index is 1.54. The Labute approximate surface area is 192 Å². The first-order valence-electron chi connectivity index (χ1n) is 11.4. The van der Waals surface area contributed by atoms with E-state index in [1.54, 1.807) is 12.1 Å². The van der Waals surface area contributed by atoms with Crippen LogP contribution >= 0.6 is 0 Å². The van der Waals surface area contributed by atoms with Crippen LogP contribution in [0.1, 0.15) is 37.7 Å². The van der Waals surface area contributed by atoms with E-state index in [1.807, 2.05) is 53.1 Å². The zero-order chi connectivity index (χ0) is 22.6. The number of aromatic nitrogens is 2. The highest BCUT2D eigenvalue weighted by Gasteiger charge is 2.21. The Morgan fingerprint density at radius 1 is 1.00 bits per heavy atom. The number of hydrogen-bond acceptors (Lipinski definition) is 5. The van der Waals surface area contributed by atoms with Crippen molar-refractivity contribution in [1.29, 1.82) is 0 Å². The molecule has 7 heteroatoms. The maximum atomic E-state index is 11.1. The minimum absolute atomic E-state index is 0.0659. The molecular weight excluding hydrogens is 416 g/mol. The van der Waals surface area contributed by atoms with Gasteiger partial charge in [0.1, 0.15) is 18.1 Å². The summed E-state index contributed by atoms with van der Waals surface area (Å²) in [6.45, 7) is 0.450. The fraction of sp³-hybridized carbons (Fsp3) is 0.269. The smallest absolute Gasteiger partial charge is 0.269 e. The minimum Gasteiger partial charge on any atom is -0.485 e. The molecule has 1 aliphatic carbocycles. The molecule has 1 N–H and O–H groups in total. The second-order valence-electron chi connectivity index (χ2n) is 8.43. The number of nitrogens with zero attached hydrogens (tertiary/aromatic N) is 3. The number of non-ortho nitro benzene ring substituents is 1. The molecule has 2 aromatic heterocycles. The lowest BCUT2D eigenvalue weighted by Crippen LogP contribution is -2.23. The third kappa shape index (κ3) is 4.53. The normalized spacial score (nSPS) is 14.3. The van der Waals surface area contributed by atoms with Gasteiger partial charge in [-0.3, -0.25) is 14.5 Å². The fourth-order valence-electron chi connectivity index (χ4n) is 4.41. The van der Waals surface area contributed by atoms with E-state index < -0.39 is 0 Å². The van der Waals surface area contributed by atoms with Crippen LogP contribution < -0.4 is 10.1 Å². The number of imidazole rings is 1. The quantitative estimate of drug-likeness (QED) is 0.271. The lowest BCUT2D eigenvalue weighted by molar-refractivity contribution is -0.384. The van der Waals surface area contributed by atoms with E-state index >= 15 is 0 Å². The molecule has 0 spiro atoms. The molecule has 1 saturated carbocycles. The van der Waals surface area contributed by atoms with Crippen molar-refractivity contribution in [3.63, 3.8) is 0 Å². The molecule has 168 valence electrons. The fourth-order valence-corrected chi connectivity index (χ4v) is 4.41. The first-order chi connectivity index (χ1) is 16.2. The predicted molar refractivity (Wildman–Crippen MR) is 129 cm³/mol. The number of benzene rings is 2. The molecule has 1 aliphatic rings. The van der Waals surface area contributed by atoms with Gasteiger partial charge < -0.3 is 10.1 Å². The number of ether oxygens (including phenoxy) is 1. The summed E-state index contributed by atoms with van der Waals surface area (Å²) < 4.78 is 8.18. The molecule has 7 nitrogen and oxygen atoms in total. The van der Waals surface area contributed by atoms with Crippen molar-refractivity contribution >= 4 is 17.2 Å². The van der Waals surface area contributed by atoms with E-state index in [1.165, 1.54) is 31.4 Å². The Morgan fingerprint density at radius 2 is 1.76 bits per heavy atom. The van der Waals surface area contributed by atoms with Gasteiger partial charge in [0.25, 0.3) is 5.69 Å². The van der Waals surface area contributed by atoms with Crippen molar-refractivity contribution in [2.75, 3.05) is 5.32 Å². The molecule has 33 heavy (non-hydrogen) atoms. The Bertz CT molecular complexity index is 1250. The van der Waals surface area contributed by atoms with Crippen LogP contribution in [0, 0.1) is 10.1 Å². The third-order valence-electron chi connectivity index (χ3n) is 6.15. The van der Waals surface area contributed by atoms with Crippen LogP contribution in [-0.4, -0.2) is 20.3 Å². The summed E-state index contributed by atoms with van der Waals surface area (Å²) in [4.78, 5) is 15.7. The number of anilines is 1. The number of fused-ring (bicyclic) bond motifs is 1. The second-order valence-corrected chi connectivity index (χ2v) is 8.43. The molecule has 0 saturated heterocycles. The summed E-state index contributed by atoms with van der Waals surface area (Å²) in [6, 6.07) is 20.9. The van der Waals surface area contributed by atoms with E-state index in [-0.39, 0.29) is 10.6 Å². The summed E-state index contributed by atoms with van der Waals surface area (Å²) in [5, 5.41) is 14.8. The zero-order valence-corrected chi connectivity index (χ0v) is 18.3. The topological polar surface area (TPSA) is 81.7 Å². The van der Waals surface area contributed by atoms with Gasteiger partial charge in [-0.2, -0.15) is 0 Å². The average molecular weight is 443 g/mol. The molecule has 4 aromatic rings. The number of hydrogen-bond donors (Lipinski definition) is 1. The van der Waals surface area contributed by atoms with Gasteiger partial charge in [0.15, 0.2) is 11.4 Å². The highest BCUT2D eigenvalue weighted by molar-refractivity contribution is 5.79. The van der Waals surface area contributed by atoms with Crippen LogP contribution in [0.5, 0.6) is 5.75 Å². The van der Waals surface area contributed by atoms with Gasteiger partial charge in [-0.05, 0) is 42.7 Å². The zero-order valence-electron chi connectivity index (χ0n) is 18.3. The number of pyridine rings is 1. The molecular formula is C26H26N4O3. The van der Waals surface area contributed by atoms with E-state index in [0.717, 1.165) is 41.1 Å². The van der Waals surface area contributed by atoms with Gasteiger partial charge in [0.2, 0.25) is 0 Å². The van der Waals surface area contributed by atoms with E-state index in [0.29, 0.717) is 18.4 Å². The summed E-state index contributed by atoms with van der Waals surface area (Å²) in [5.74, 6) is 1.59. The molecule has 5 rings (SSSR count). The maximum absolute atomic E-state index is 11.1. The van der Waals surface area contributed by atoms with Crippen LogP contribution in [0.25, 0.3) is 16.9 Å². The SMILES string of the molecule is O=[N+]([O-])c1ccc(-c2nc3c(OCc4ccccc4)cccn3c2NC2CCCCC2)cc1. The van der Waals surface area contributed by atoms with Gasteiger partial charge >= 0.3 is 0 Å². The van der Waals surface area contributed by atoms with Crippen LogP contribution in [0.4, 0.5) is 11.5 Å². The van der Waals surface area contributed by atoms with Crippen molar-refractivity contribution in [3.05, 3.63) is 88.6 Å². The van der Waals surface area contributed by atoms with Crippen molar-refractivity contribution in [3.8, 4) is 17.0 Å². The predicted octanol–water partition coefficient (Wildman–Crippen LogP) is 6.23. The Hall–Kier alpha value is -3.87. The molecule has 0 aliphatic heterocycles. The van der Waals surface area contributed by atoms with E-state index in [4.69, 9.17) is 9.72 Å². The van der Waals surface area contributed by atoms with E-state index in [9.17, 15) is 10.1 Å². The molecule has 2 heterocycles. The Kier molecular flexibility index (Phi) is 5.93. The number of nitro benzene ring substituents is 1. The van der Waals surface area contributed by atoms with Crippen molar-refractivity contribution in [2.45, 2.75) is 44.8 Å².